The van der Waals surface area contributed by atoms with Crippen LogP contribution in [0.3, 0.4) is 0 Å². The lowest BCUT2D eigenvalue weighted by atomic mass is 10.2. The molecule has 1 aromatic carbocycles. The van der Waals surface area contributed by atoms with Crippen molar-refractivity contribution in [3.63, 3.8) is 0 Å². The second-order valence-corrected chi connectivity index (χ2v) is 2.76. The van der Waals surface area contributed by atoms with Gasteiger partial charge < -0.3 is 5.11 Å². The maximum atomic E-state index is 11.0. The van der Waals surface area contributed by atoms with Crippen LogP contribution in [-0.4, -0.2) is 11.0 Å². The number of benzene rings is 1. The van der Waals surface area contributed by atoms with E-state index in [0.717, 1.165) is 0 Å². The SMILES string of the molecule is O=C(NS)c1cc(Cl)ccc1O. The van der Waals surface area contributed by atoms with Gasteiger partial charge in [0.1, 0.15) is 5.75 Å². The first-order valence-corrected chi connectivity index (χ1v) is 3.90. The minimum absolute atomic E-state index is 0.109. The second kappa shape index (κ2) is 3.69. The zero-order valence-corrected chi connectivity index (χ0v) is 7.56. The Labute approximate surface area is 79.9 Å². The number of halogens is 1. The molecule has 1 amide bonds. The van der Waals surface area contributed by atoms with Crippen molar-refractivity contribution in [3.05, 3.63) is 28.8 Å². The molecular weight excluding hydrogens is 198 g/mol. The number of phenolic OH excluding ortho intramolecular Hbond substituents is 1. The van der Waals surface area contributed by atoms with Gasteiger partial charge in [-0.25, -0.2) is 0 Å². The van der Waals surface area contributed by atoms with Crippen molar-refractivity contribution >= 4 is 30.3 Å². The monoisotopic (exact) mass is 203 g/mol. The molecule has 0 atom stereocenters. The van der Waals surface area contributed by atoms with Gasteiger partial charge in [0.05, 0.1) is 5.56 Å². The van der Waals surface area contributed by atoms with Gasteiger partial charge in [0, 0.05) is 5.02 Å². The Kier molecular flexibility index (Phi) is 2.83. The van der Waals surface area contributed by atoms with Crippen molar-refractivity contribution in [2.75, 3.05) is 0 Å². The van der Waals surface area contributed by atoms with Gasteiger partial charge >= 0.3 is 0 Å². The molecule has 1 aromatic rings. The molecule has 0 aliphatic rings. The van der Waals surface area contributed by atoms with Crippen LogP contribution >= 0.6 is 24.4 Å². The molecule has 0 radical (unpaired) electrons. The summed E-state index contributed by atoms with van der Waals surface area (Å²) in [7, 11) is 0. The number of phenols is 1. The molecule has 0 heterocycles. The highest BCUT2D eigenvalue weighted by atomic mass is 35.5. The summed E-state index contributed by atoms with van der Waals surface area (Å²) in [6.45, 7) is 0. The minimum Gasteiger partial charge on any atom is -0.507 e. The molecule has 0 unspecified atom stereocenters. The molecule has 0 saturated carbocycles. The number of aromatic hydroxyl groups is 1. The minimum atomic E-state index is -0.488. The summed E-state index contributed by atoms with van der Waals surface area (Å²) < 4.78 is 2.09. The number of rotatable bonds is 1. The molecule has 3 nitrogen and oxygen atoms in total. The molecule has 0 aromatic heterocycles. The van der Waals surface area contributed by atoms with Crippen molar-refractivity contribution in [1.29, 1.82) is 0 Å². The summed E-state index contributed by atoms with van der Waals surface area (Å²) >= 11 is 9.16. The molecule has 64 valence electrons. The third kappa shape index (κ3) is 1.84. The average Bonchev–Trinajstić information content (AvgIpc) is 2.08. The van der Waals surface area contributed by atoms with E-state index in [0.29, 0.717) is 5.02 Å². The summed E-state index contributed by atoms with van der Waals surface area (Å²) in [5.74, 6) is -0.607. The molecule has 0 fully saturated rings. The zero-order chi connectivity index (χ0) is 9.14. The van der Waals surface area contributed by atoms with Crippen LogP contribution in [-0.2, 0) is 0 Å². The molecule has 2 N–H and O–H groups in total. The molecule has 0 saturated heterocycles. The molecule has 0 bridgehead atoms. The number of amides is 1. The third-order valence-corrected chi connectivity index (χ3v) is 1.74. The normalized spacial score (nSPS) is 9.50. The van der Waals surface area contributed by atoms with Crippen molar-refractivity contribution in [3.8, 4) is 5.75 Å². The molecule has 0 aliphatic heterocycles. The Morgan fingerprint density at radius 1 is 1.58 bits per heavy atom. The predicted molar refractivity (Wildman–Crippen MR) is 49.6 cm³/mol. The summed E-state index contributed by atoms with van der Waals surface area (Å²) in [5.41, 5.74) is 0.109. The lowest BCUT2D eigenvalue weighted by Crippen LogP contribution is -2.12. The lowest BCUT2D eigenvalue weighted by molar-refractivity contribution is 0.0982. The van der Waals surface area contributed by atoms with Gasteiger partial charge in [0.2, 0.25) is 0 Å². The van der Waals surface area contributed by atoms with Gasteiger partial charge in [0.15, 0.2) is 0 Å². The van der Waals surface area contributed by atoms with Gasteiger partial charge in [-0.3, -0.25) is 9.52 Å². The van der Waals surface area contributed by atoms with Gasteiger partial charge in [0.25, 0.3) is 5.91 Å². The first-order valence-electron chi connectivity index (χ1n) is 3.08. The molecule has 1 rings (SSSR count). The van der Waals surface area contributed by atoms with Crippen LogP contribution in [0, 0.1) is 0 Å². The molecule has 5 heteroatoms. The highest BCUT2D eigenvalue weighted by Gasteiger charge is 2.09. The first-order chi connectivity index (χ1) is 5.65. The number of nitrogens with one attached hydrogen (secondary N) is 1. The summed E-state index contributed by atoms with van der Waals surface area (Å²) in [5, 5.41) is 9.57. The van der Waals surface area contributed by atoms with E-state index in [-0.39, 0.29) is 11.3 Å². The Bertz CT molecular complexity index is 316. The summed E-state index contributed by atoms with van der Waals surface area (Å²) in [6, 6.07) is 4.20. The maximum Gasteiger partial charge on any atom is 0.264 e. The van der Waals surface area contributed by atoms with Crippen molar-refractivity contribution in [2.24, 2.45) is 0 Å². The van der Waals surface area contributed by atoms with Crippen LogP contribution in [0.5, 0.6) is 5.75 Å². The van der Waals surface area contributed by atoms with Gasteiger partial charge in [-0.1, -0.05) is 24.4 Å². The van der Waals surface area contributed by atoms with E-state index in [4.69, 9.17) is 11.6 Å². The van der Waals surface area contributed by atoms with E-state index in [1.807, 2.05) is 0 Å². The topological polar surface area (TPSA) is 49.3 Å². The van der Waals surface area contributed by atoms with E-state index in [9.17, 15) is 9.90 Å². The fraction of sp³-hybridized carbons (Fsp3) is 0. The Morgan fingerprint density at radius 3 is 2.83 bits per heavy atom. The fourth-order valence-electron chi connectivity index (χ4n) is 0.750. The van der Waals surface area contributed by atoms with Crippen LogP contribution in [0.4, 0.5) is 0 Å². The van der Waals surface area contributed by atoms with Crippen LogP contribution in [0.15, 0.2) is 18.2 Å². The standard InChI is InChI=1S/C7H6ClNO2S/c8-4-1-2-6(10)5(3-4)7(11)9-12/h1-3,10,12H,(H,9,11). The summed E-state index contributed by atoms with van der Waals surface area (Å²) in [6.07, 6.45) is 0. The largest absolute Gasteiger partial charge is 0.507 e. The van der Waals surface area contributed by atoms with Crippen molar-refractivity contribution < 1.29 is 9.90 Å². The average molecular weight is 204 g/mol. The molecular formula is C7H6ClNO2S. The maximum absolute atomic E-state index is 11.0. The van der Waals surface area contributed by atoms with Crippen LogP contribution in [0.25, 0.3) is 0 Å². The van der Waals surface area contributed by atoms with E-state index < -0.39 is 5.91 Å². The first kappa shape index (κ1) is 9.22. The van der Waals surface area contributed by atoms with Gasteiger partial charge in [-0.15, -0.1) is 0 Å². The van der Waals surface area contributed by atoms with Gasteiger partial charge in [-0.05, 0) is 18.2 Å². The van der Waals surface area contributed by atoms with E-state index in [1.165, 1.54) is 18.2 Å². The Balaban J connectivity index is 3.13. The second-order valence-electron chi connectivity index (χ2n) is 2.10. The smallest absolute Gasteiger partial charge is 0.264 e. The van der Waals surface area contributed by atoms with Crippen LogP contribution in [0.2, 0.25) is 5.02 Å². The Hall–Kier alpha value is -0.870. The Morgan fingerprint density at radius 2 is 2.25 bits per heavy atom. The predicted octanol–water partition coefficient (Wildman–Crippen LogP) is 1.62. The van der Waals surface area contributed by atoms with E-state index in [1.54, 1.807) is 0 Å². The van der Waals surface area contributed by atoms with E-state index in [2.05, 4.69) is 17.5 Å². The van der Waals surface area contributed by atoms with Crippen LogP contribution in [0.1, 0.15) is 10.4 Å². The number of hydrogen-bond donors (Lipinski definition) is 3. The number of carbonyl (C=O) groups excluding carboxylic acids is 1. The lowest BCUT2D eigenvalue weighted by Gasteiger charge is -2.01. The van der Waals surface area contributed by atoms with Gasteiger partial charge in [-0.2, -0.15) is 0 Å². The van der Waals surface area contributed by atoms with Crippen LogP contribution < -0.4 is 4.72 Å². The molecule has 0 spiro atoms. The van der Waals surface area contributed by atoms with Crippen molar-refractivity contribution in [1.82, 2.24) is 4.72 Å². The number of carbonyl (C=O) groups is 1. The quantitative estimate of drug-likeness (QED) is 0.608. The summed E-state index contributed by atoms with van der Waals surface area (Å²) in [4.78, 5) is 11.0. The van der Waals surface area contributed by atoms with E-state index >= 15 is 0 Å². The fourth-order valence-corrected chi connectivity index (χ4v) is 1.04. The highest BCUT2D eigenvalue weighted by Crippen LogP contribution is 2.21. The molecule has 12 heavy (non-hydrogen) atoms. The van der Waals surface area contributed by atoms with Crippen molar-refractivity contribution in [2.45, 2.75) is 0 Å². The third-order valence-electron chi connectivity index (χ3n) is 1.30. The zero-order valence-electron chi connectivity index (χ0n) is 5.91. The molecule has 0 aliphatic carbocycles. The highest BCUT2D eigenvalue weighted by molar-refractivity contribution is 7.78. The number of thiol groups is 1. The number of hydrogen-bond acceptors (Lipinski definition) is 3.